The quantitative estimate of drug-likeness (QED) is 0.699. The lowest BCUT2D eigenvalue weighted by molar-refractivity contribution is 0.279. The first kappa shape index (κ1) is 8.99. The molecule has 0 saturated carbocycles. The van der Waals surface area contributed by atoms with Crippen molar-refractivity contribution in [3.8, 4) is 0 Å². The maximum atomic E-state index is 12.9. The number of thiophene rings is 1. The van der Waals surface area contributed by atoms with Crippen LogP contribution < -0.4 is 0 Å². The minimum absolute atomic E-state index is 0.0612. The van der Waals surface area contributed by atoms with Crippen LogP contribution in [0.1, 0.15) is 5.56 Å². The van der Waals surface area contributed by atoms with E-state index in [1.807, 2.05) is 0 Å². The zero-order chi connectivity index (χ0) is 9.42. The maximum Gasteiger partial charge on any atom is 0.177 e. The number of hydrogen-bond donors (Lipinski definition) is 2. The molecular formula is C9H7FOS2. The molecule has 1 heterocycles. The van der Waals surface area contributed by atoms with Crippen molar-refractivity contribution in [2.24, 2.45) is 0 Å². The van der Waals surface area contributed by atoms with Gasteiger partial charge in [0.05, 0.1) is 11.3 Å². The third-order valence-electron chi connectivity index (χ3n) is 1.88. The van der Waals surface area contributed by atoms with Gasteiger partial charge in [-0.2, -0.15) is 4.39 Å². The molecule has 4 heteroatoms. The minimum atomic E-state index is -0.222. The van der Waals surface area contributed by atoms with E-state index in [0.717, 1.165) is 27.0 Å². The molecule has 0 radical (unpaired) electrons. The molecule has 1 aromatic carbocycles. The molecule has 68 valence electrons. The third-order valence-corrected chi connectivity index (χ3v) is 3.50. The number of halogens is 1. The van der Waals surface area contributed by atoms with E-state index in [1.165, 1.54) is 6.07 Å². The Balaban J connectivity index is 2.78. The second kappa shape index (κ2) is 3.29. The summed E-state index contributed by atoms with van der Waals surface area (Å²) in [4.78, 5) is 0.675. The molecule has 0 saturated heterocycles. The predicted molar refractivity (Wildman–Crippen MR) is 55.0 cm³/mol. The van der Waals surface area contributed by atoms with Crippen LogP contribution in [0, 0.1) is 5.13 Å². The standard InChI is InChI=1S/C9H7FOS2/c10-7-3-5-1-2-6(4-11)8(12)9(5)13-7/h1-3,11-12H,4H2. The Labute approximate surface area is 84.2 Å². The summed E-state index contributed by atoms with van der Waals surface area (Å²) < 4.78 is 13.7. The van der Waals surface area contributed by atoms with Crippen molar-refractivity contribution in [3.05, 3.63) is 28.9 Å². The molecule has 1 nitrogen and oxygen atoms in total. The molecule has 0 aliphatic heterocycles. The summed E-state index contributed by atoms with van der Waals surface area (Å²) in [5.41, 5.74) is 0.734. The number of fused-ring (bicyclic) bond motifs is 1. The van der Waals surface area contributed by atoms with Gasteiger partial charge in [-0.15, -0.1) is 24.0 Å². The number of benzene rings is 1. The fourth-order valence-electron chi connectivity index (χ4n) is 1.23. The van der Waals surface area contributed by atoms with Crippen LogP contribution in [0.25, 0.3) is 10.1 Å². The summed E-state index contributed by atoms with van der Waals surface area (Å²) in [6.07, 6.45) is 0. The summed E-state index contributed by atoms with van der Waals surface area (Å²) >= 11 is 5.30. The first-order valence-electron chi connectivity index (χ1n) is 3.73. The van der Waals surface area contributed by atoms with Crippen LogP contribution in [0.4, 0.5) is 4.39 Å². The summed E-state index contributed by atoms with van der Waals surface area (Å²) in [5.74, 6) is 0. The zero-order valence-corrected chi connectivity index (χ0v) is 8.33. The van der Waals surface area contributed by atoms with E-state index in [1.54, 1.807) is 12.1 Å². The number of rotatable bonds is 1. The molecule has 0 aliphatic rings. The molecule has 2 rings (SSSR count). The van der Waals surface area contributed by atoms with E-state index in [-0.39, 0.29) is 11.7 Å². The molecule has 0 fully saturated rings. The Morgan fingerprint density at radius 3 is 2.92 bits per heavy atom. The highest BCUT2D eigenvalue weighted by molar-refractivity contribution is 7.80. The lowest BCUT2D eigenvalue weighted by Crippen LogP contribution is -1.84. The second-order valence-corrected chi connectivity index (χ2v) is 4.15. The lowest BCUT2D eigenvalue weighted by Gasteiger charge is -2.01. The van der Waals surface area contributed by atoms with Gasteiger partial charge < -0.3 is 5.11 Å². The smallest absolute Gasteiger partial charge is 0.177 e. The molecule has 1 N–H and O–H groups in total. The van der Waals surface area contributed by atoms with Gasteiger partial charge in [0.2, 0.25) is 0 Å². The van der Waals surface area contributed by atoms with Gasteiger partial charge in [-0.05, 0) is 17.0 Å². The summed E-state index contributed by atoms with van der Waals surface area (Å²) in [5, 5.41) is 9.56. The Morgan fingerprint density at radius 2 is 2.23 bits per heavy atom. The molecule has 0 spiro atoms. The topological polar surface area (TPSA) is 20.2 Å². The van der Waals surface area contributed by atoms with Gasteiger partial charge in [0, 0.05) is 4.90 Å². The zero-order valence-electron chi connectivity index (χ0n) is 6.62. The van der Waals surface area contributed by atoms with Gasteiger partial charge in [0.25, 0.3) is 0 Å². The summed E-state index contributed by atoms with van der Waals surface area (Å²) in [6, 6.07) is 5.03. The highest BCUT2D eigenvalue weighted by Gasteiger charge is 2.07. The lowest BCUT2D eigenvalue weighted by atomic mass is 10.2. The molecule has 2 aromatic rings. The van der Waals surface area contributed by atoms with Crippen molar-refractivity contribution in [2.75, 3.05) is 0 Å². The highest BCUT2D eigenvalue weighted by Crippen LogP contribution is 2.32. The van der Waals surface area contributed by atoms with Crippen LogP contribution >= 0.6 is 24.0 Å². The Hall–Kier alpha value is -0.580. The van der Waals surface area contributed by atoms with Crippen molar-refractivity contribution < 1.29 is 9.50 Å². The minimum Gasteiger partial charge on any atom is -0.392 e. The number of thiol groups is 1. The van der Waals surface area contributed by atoms with Gasteiger partial charge >= 0.3 is 0 Å². The molecule has 1 aromatic heterocycles. The van der Waals surface area contributed by atoms with Crippen LogP contribution in [-0.2, 0) is 6.61 Å². The summed E-state index contributed by atoms with van der Waals surface area (Å²) in [6.45, 7) is -0.0612. The van der Waals surface area contributed by atoms with E-state index in [0.29, 0.717) is 4.90 Å². The van der Waals surface area contributed by atoms with E-state index >= 15 is 0 Å². The molecular weight excluding hydrogens is 207 g/mol. The van der Waals surface area contributed by atoms with E-state index in [9.17, 15) is 4.39 Å². The van der Waals surface area contributed by atoms with Gasteiger partial charge in [0.15, 0.2) is 5.13 Å². The first-order valence-corrected chi connectivity index (χ1v) is 4.99. The highest BCUT2D eigenvalue weighted by atomic mass is 32.1. The first-order chi connectivity index (χ1) is 6.22. The summed E-state index contributed by atoms with van der Waals surface area (Å²) in [7, 11) is 0. The average molecular weight is 214 g/mol. The van der Waals surface area contributed by atoms with Crippen LogP contribution in [0.15, 0.2) is 23.1 Å². The van der Waals surface area contributed by atoms with Crippen molar-refractivity contribution in [2.45, 2.75) is 11.5 Å². The number of aliphatic hydroxyl groups is 1. The number of hydrogen-bond acceptors (Lipinski definition) is 3. The van der Waals surface area contributed by atoms with Crippen LogP contribution in [-0.4, -0.2) is 5.11 Å². The fourth-order valence-corrected chi connectivity index (χ4v) is 2.49. The SMILES string of the molecule is OCc1ccc2cc(F)sc2c1S. The molecule has 0 amide bonds. The molecule has 0 atom stereocenters. The van der Waals surface area contributed by atoms with E-state index in [2.05, 4.69) is 12.6 Å². The predicted octanol–water partition coefficient (Wildman–Crippen LogP) is 2.82. The van der Waals surface area contributed by atoms with Gasteiger partial charge in [-0.3, -0.25) is 0 Å². The Morgan fingerprint density at radius 1 is 1.46 bits per heavy atom. The van der Waals surface area contributed by atoms with Crippen LogP contribution in [0.3, 0.4) is 0 Å². The fraction of sp³-hybridized carbons (Fsp3) is 0.111. The number of aliphatic hydroxyl groups excluding tert-OH is 1. The van der Waals surface area contributed by atoms with Gasteiger partial charge in [-0.25, -0.2) is 0 Å². The van der Waals surface area contributed by atoms with Crippen molar-refractivity contribution in [3.63, 3.8) is 0 Å². The average Bonchev–Trinajstić information content (AvgIpc) is 2.47. The Kier molecular flexibility index (Phi) is 2.27. The van der Waals surface area contributed by atoms with Crippen LogP contribution in [0.5, 0.6) is 0 Å². The Bertz CT molecular complexity index is 450. The van der Waals surface area contributed by atoms with Crippen molar-refractivity contribution >= 4 is 34.1 Å². The largest absolute Gasteiger partial charge is 0.392 e. The molecule has 13 heavy (non-hydrogen) atoms. The maximum absolute atomic E-state index is 12.9. The molecule has 0 aliphatic carbocycles. The van der Waals surface area contributed by atoms with Crippen LogP contribution in [0.2, 0.25) is 0 Å². The van der Waals surface area contributed by atoms with Crippen molar-refractivity contribution in [1.82, 2.24) is 0 Å². The molecule has 0 bridgehead atoms. The monoisotopic (exact) mass is 214 g/mol. The van der Waals surface area contributed by atoms with Crippen molar-refractivity contribution in [1.29, 1.82) is 0 Å². The van der Waals surface area contributed by atoms with Gasteiger partial charge in [0.1, 0.15) is 0 Å². The van der Waals surface area contributed by atoms with E-state index < -0.39 is 0 Å². The second-order valence-electron chi connectivity index (χ2n) is 2.70. The molecule has 0 unspecified atom stereocenters. The van der Waals surface area contributed by atoms with Gasteiger partial charge in [-0.1, -0.05) is 12.1 Å². The third kappa shape index (κ3) is 1.45. The van der Waals surface area contributed by atoms with E-state index in [4.69, 9.17) is 5.11 Å². The normalized spacial score (nSPS) is 11.0.